The van der Waals surface area contributed by atoms with Gasteiger partial charge in [0.15, 0.2) is 0 Å². The molecule has 0 radical (unpaired) electrons. The second-order valence-electron chi connectivity index (χ2n) is 10.1. The minimum atomic E-state index is -1.61. The molecule has 0 heterocycles. The van der Waals surface area contributed by atoms with E-state index in [1.54, 1.807) is 0 Å². The Hall–Kier alpha value is -1.54. The van der Waals surface area contributed by atoms with Crippen molar-refractivity contribution < 1.29 is 19.7 Å². The van der Waals surface area contributed by atoms with E-state index in [1.807, 2.05) is 60.7 Å². The molecule has 2 aromatic rings. The summed E-state index contributed by atoms with van der Waals surface area (Å²) in [6.07, 6.45) is -0.665. The highest BCUT2D eigenvalue weighted by atomic mass is 28.3. The van der Waals surface area contributed by atoms with Crippen molar-refractivity contribution in [1.82, 2.24) is 5.32 Å². The maximum atomic E-state index is 11.1. The van der Waals surface area contributed by atoms with Gasteiger partial charge in [0.25, 0.3) is 0 Å². The van der Waals surface area contributed by atoms with Gasteiger partial charge in [-0.2, -0.15) is 0 Å². The van der Waals surface area contributed by atoms with E-state index in [9.17, 15) is 10.2 Å². The Morgan fingerprint density at radius 1 is 0.906 bits per heavy atom. The first-order valence-corrected chi connectivity index (χ1v) is 14.6. The zero-order chi connectivity index (χ0) is 23.6. The average molecular weight is 460 g/mol. The van der Waals surface area contributed by atoms with Crippen LogP contribution in [0.4, 0.5) is 0 Å². The van der Waals surface area contributed by atoms with Crippen LogP contribution in [0.5, 0.6) is 0 Å². The van der Waals surface area contributed by atoms with Gasteiger partial charge >= 0.3 is 0 Å². The lowest BCUT2D eigenvalue weighted by Crippen LogP contribution is -2.56. The summed E-state index contributed by atoms with van der Waals surface area (Å²) >= 11 is 0. The van der Waals surface area contributed by atoms with Crippen molar-refractivity contribution >= 4 is 8.07 Å². The van der Waals surface area contributed by atoms with E-state index < -0.39 is 26.3 Å². The van der Waals surface area contributed by atoms with Crippen LogP contribution in [0.15, 0.2) is 60.7 Å². The topological polar surface area (TPSA) is 71.0 Å². The molecule has 0 spiro atoms. The number of aliphatic hydroxyl groups excluding tert-OH is 2. The van der Waals surface area contributed by atoms with Crippen LogP contribution in [-0.4, -0.2) is 55.9 Å². The van der Waals surface area contributed by atoms with Crippen LogP contribution < -0.4 is 5.32 Å². The van der Waals surface area contributed by atoms with Gasteiger partial charge in [-0.25, -0.2) is 0 Å². The number of ether oxygens (including phenoxy) is 2. The molecule has 2 rings (SSSR count). The van der Waals surface area contributed by atoms with Gasteiger partial charge < -0.3 is 25.0 Å². The SMILES string of the molecule is CC(C)(C)[Si](C)(C)CN[C@H](CO)[C@@H](O)[C@@H](COCc1ccccc1)OCc1ccccc1. The molecule has 0 amide bonds. The van der Waals surface area contributed by atoms with Crippen LogP contribution in [-0.2, 0) is 22.7 Å². The highest BCUT2D eigenvalue weighted by Crippen LogP contribution is 2.35. The zero-order valence-electron chi connectivity index (χ0n) is 20.3. The van der Waals surface area contributed by atoms with E-state index in [4.69, 9.17) is 9.47 Å². The fraction of sp³-hybridized carbons (Fsp3) is 0.538. The normalized spacial score (nSPS) is 15.3. The third-order valence-electron chi connectivity index (χ3n) is 6.53. The summed E-state index contributed by atoms with van der Waals surface area (Å²) in [5, 5.41) is 24.8. The van der Waals surface area contributed by atoms with E-state index in [0.29, 0.717) is 13.2 Å². The monoisotopic (exact) mass is 459 g/mol. The molecule has 0 unspecified atom stereocenters. The highest BCUT2D eigenvalue weighted by molar-refractivity contribution is 6.80. The highest BCUT2D eigenvalue weighted by Gasteiger charge is 2.37. The zero-order valence-corrected chi connectivity index (χ0v) is 21.3. The third-order valence-corrected chi connectivity index (χ3v) is 11.7. The van der Waals surface area contributed by atoms with Crippen LogP contribution >= 0.6 is 0 Å². The lowest BCUT2D eigenvalue weighted by atomic mass is 10.1. The second kappa shape index (κ2) is 12.6. The van der Waals surface area contributed by atoms with E-state index in [1.165, 1.54) is 0 Å². The van der Waals surface area contributed by atoms with Crippen molar-refractivity contribution in [1.29, 1.82) is 0 Å². The Morgan fingerprint density at radius 3 is 1.94 bits per heavy atom. The smallest absolute Gasteiger partial charge is 0.109 e. The summed E-state index contributed by atoms with van der Waals surface area (Å²) in [5.41, 5.74) is 2.10. The van der Waals surface area contributed by atoms with Crippen molar-refractivity contribution in [3.8, 4) is 0 Å². The van der Waals surface area contributed by atoms with Crippen molar-refractivity contribution in [3.05, 3.63) is 71.8 Å². The van der Waals surface area contributed by atoms with Gasteiger partial charge in [-0.1, -0.05) is 94.5 Å². The third kappa shape index (κ3) is 8.43. The number of rotatable bonds is 13. The van der Waals surface area contributed by atoms with Crippen LogP contribution in [0, 0.1) is 0 Å². The van der Waals surface area contributed by atoms with Gasteiger partial charge in [-0.15, -0.1) is 0 Å². The molecule has 32 heavy (non-hydrogen) atoms. The molecule has 0 aliphatic rings. The molecule has 3 atom stereocenters. The standard InChI is InChI=1S/C26H41NO4Si/c1-26(2,3)32(4,5)20-27-23(16-28)25(29)24(31-18-22-14-10-7-11-15-22)19-30-17-21-12-8-6-9-13-21/h6-15,23-25,27-29H,16-20H2,1-5H3/t23-,24-,25-/m1/s1. The van der Waals surface area contributed by atoms with Crippen molar-refractivity contribution in [2.24, 2.45) is 0 Å². The van der Waals surface area contributed by atoms with Crippen molar-refractivity contribution in [2.45, 2.75) is 70.4 Å². The Kier molecular flexibility index (Phi) is 10.5. The lowest BCUT2D eigenvalue weighted by Gasteiger charge is -2.39. The summed E-state index contributed by atoms with van der Waals surface area (Å²) in [7, 11) is -1.61. The number of hydrogen-bond donors (Lipinski definition) is 3. The molecule has 5 nitrogen and oxygen atoms in total. The number of hydrogen-bond acceptors (Lipinski definition) is 5. The molecule has 0 aromatic heterocycles. The predicted octanol–water partition coefficient (Wildman–Crippen LogP) is 4.15. The van der Waals surface area contributed by atoms with Gasteiger partial charge in [-0.3, -0.25) is 0 Å². The van der Waals surface area contributed by atoms with E-state index >= 15 is 0 Å². The average Bonchev–Trinajstić information content (AvgIpc) is 2.77. The molecule has 0 saturated heterocycles. The minimum absolute atomic E-state index is 0.167. The molecule has 3 N–H and O–H groups in total. The lowest BCUT2D eigenvalue weighted by molar-refractivity contribution is -0.103. The van der Waals surface area contributed by atoms with Gasteiger partial charge in [0.1, 0.15) is 6.10 Å². The van der Waals surface area contributed by atoms with E-state index in [0.717, 1.165) is 17.3 Å². The Labute approximate surface area is 194 Å². The second-order valence-corrected chi connectivity index (χ2v) is 15.8. The summed E-state index contributed by atoms with van der Waals surface area (Å²) in [6, 6.07) is 19.3. The first-order chi connectivity index (χ1) is 15.1. The molecular formula is C26H41NO4Si. The van der Waals surface area contributed by atoms with E-state index in [-0.39, 0.29) is 18.3 Å². The summed E-state index contributed by atoms with van der Waals surface area (Å²) < 4.78 is 12.0. The molecule has 0 aliphatic heterocycles. The summed E-state index contributed by atoms with van der Waals surface area (Å²) in [5.74, 6) is 0. The van der Waals surface area contributed by atoms with Gasteiger partial charge in [-0.05, 0) is 22.3 Å². The quantitative estimate of drug-likeness (QED) is 0.393. The fourth-order valence-corrected chi connectivity index (χ4v) is 4.40. The maximum absolute atomic E-state index is 11.1. The number of nitrogens with one attached hydrogen (secondary N) is 1. The van der Waals surface area contributed by atoms with Crippen molar-refractivity contribution in [2.75, 3.05) is 19.4 Å². The first-order valence-electron chi connectivity index (χ1n) is 11.4. The van der Waals surface area contributed by atoms with Gasteiger partial charge in [0, 0.05) is 0 Å². The fourth-order valence-electron chi connectivity index (χ4n) is 3.09. The number of benzene rings is 2. The molecular weight excluding hydrogens is 418 g/mol. The van der Waals surface area contributed by atoms with Gasteiger partial charge in [0.2, 0.25) is 0 Å². The molecule has 0 bridgehead atoms. The van der Waals surface area contributed by atoms with E-state index in [2.05, 4.69) is 39.2 Å². The minimum Gasteiger partial charge on any atom is -0.395 e. The molecule has 0 saturated carbocycles. The Balaban J connectivity index is 2.03. The molecule has 6 heteroatoms. The molecule has 0 aliphatic carbocycles. The Bertz CT molecular complexity index is 764. The van der Waals surface area contributed by atoms with Crippen molar-refractivity contribution in [3.63, 3.8) is 0 Å². The summed E-state index contributed by atoms with van der Waals surface area (Å²) in [6.45, 7) is 12.3. The van der Waals surface area contributed by atoms with Crippen LogP contribution in [0.1, 0.15) is 31.9 Å². The maximum Gasteiger partial charge on any atom is 0.109 e. The van der Waals surface area contributed by atoms with Gasteiger partial charge in [0.05, 0.1) is 46.6 Å². The molecule has 0 fully saturated rings. The summed E-state index contributed by atoms with van der Waals surface area (Å²) in [4.78, 5) is 0. The Morgan fingerprint density at radius 2 is 1.44 bits per heavy atom. The largest absolute Gasteiger partial charge is 0.395 e. The van der Waals surface area contributed by atoms with Crippen LogP contribution in [0.3, 0.4) is 0 Å². The van der Waals surface area contributed by atoms with Crippen LogP contribution in [0.2, 0.25) is 18.1 Å². The predicted molar refractivity (Wildman–Crippen MR) is 133 cm³/mol. The van der Waals surface area contributed by atoms with Crippen LogP contribution in [0.25, 0.3) is 0 Å². The number of aliphatic hydroxyl groups is 2. The molecule has 178 valence electrons. The first kappa shape index (κ1) is 26.7. The molecule has 2 aromatic carbocycles.